The van der Waals surface area contributed by atoms with Gasteiger partial charge in [0.05, 0.1) is 6.54 Å². The van der Waals surface area contributed by atoms with Crippen LogP contribution < -0.4 is 5.73 Å². The molecule has 0 spiro atoms. The second kappa shape index (κ2) is 3.83. The van der Waals surface area contributed by atoms with Crippen molar-refractivity contribution in [3.8, 4) is 0 Å². The molecule has 14 heavy (non-hydrogen) atoms. The summed E-state index contributed by atoms with van der Waals surface area (Å²) in [5.41, 5.74) is 7.32. The third-order valence-electron chi connectivity index (χ3n) is 2.52. The van der Waals surface area contributed by atoms with E-state index in [9.17, 15) is 4.79 Å². The minimum Gasteiger partial charge on any atom is -0.324 e. The molecule has 2 rings (SSSR count). The number of carbonyl (C=O) groups excluding carboxylic acids is 1. The molecule has 1 aliphatic carbocycles. The Morgan fingerprint density at radius 2 is 2.21 bits per heavy atom. The predicted octanol–water partition coefficient (Wildman–Crippen LogP) is 2.47. The maximum Gasteiger partial charge on any atom is 0.176 e. The first-order valence-corrected chi connectivity index (χ1v) is 5.54. The molecular formula is C11H12BrNO. The molecule has 0 amide bonds. The van der Waals surface area contributed by atoms with E-state index in [1.54, 1.807) is 0 Å². The van der Waals surface area contributed by atoms with Crippen LogP contribution in [0.2, 0.25) is 0 Å². The smallest absolute Gasteiger partial charge is 0.176 e. The van der Waals surface area contributed by atoms with Gasteiger partial charge < -0.3 is 5.73 Å². The van der Waals surface area contributed by atoms with E-state index in [0.29, 0.717) is 11.5 Å². The van der Waals surface area contributed by atoms with Crippen LogP contribution in [0.25, 0.3) is 0 Å². The van der Waals surface area contributed by atoms with Crippen molar-refractivity contribution in [3.05, 3.63) is 33.8 Å². The summed E-state index contributed by atoms with van der Waals surface area (Å²) in [5.74, 6) is 0.694. The summed E-state index contributed by atoms with van der Waals surface area (Å²) in [5, 5.41) is 0. The Hall–Kier alpha value is -0.670. The van der Waals surface area contributed by atoms with E-state index in [-0.39, 0.29) is 12.3 Å². The maximum absolute atomic E-state index is 11.3. The van der Waals surface area contributed by atoms with Gasteiger partial charge in [-0.2, -0.15) is 0 Å². The normalized spacial score (nSPS) is 15.6. The quantitative estimate of drug-likeness (QED) is 0.842. The van der Waals surface area contributed by atoms with Crippen molar-refractivity contribution < 1.29 is 4.79 Å². The second-order valence-electron chi connectivity index (χ2n) is 3.64. The highest BCUT2D eigenvalue weighted by Crippen LogP contribution is 2.43. The van der Waals surface area contributed by atoms with E-state index in [1.165, 1.54) is 18.4 Å². The van der Waals surface area contributed by atoms with Gasteiger partial charge >= 0.3 is 0 Å². The van der Waals surface area contributed by atoms with Crippen molar-refractivity contribution in [2.24, 2.45) is 5.73 Å². The highest BCUT2D eigenvalue weighted by molar-refractivity contribution is 9.10. The zero-order valence-corrected chi connectivity index (χ0v) is 9.38. The average Bonchev–Trinajstić information content (AvgIpc) is 3.00. The van der Waals surface area contributed by atoms with E-state index >= 15 is 0 Å². The minimum atomic E-state index is -0.00644. The molecular weight excluding hydrogens is 242 g/mol. The van der Waals surface area contributed by atoms with Crippen molar-refractivity contribution in [1.82, 2.24) is 0 Å². The standard InChI is InChI=1S/C11H12BrNO/c12-10-5-8(11(14)6-13)3-4-9(10)7-1-2-7/h3-5,7H,1-2,6,13H2. The van der Waals surface area contributed by atoms with Crippen molar-refractivity contribution in [2.75, 3.05) is 6.54 Å². The van der Waals surface area contributed by atoms with Gasteiger partial charge in [0, 0.05) is 10.0 Å². The van der Waals surface area contributed by atoms with Crippen LogP contribution in [-0.2, 0) is 0 Å². The number of Topliss-reactive ketones (excluding diaryl/α,β-unsaturated/α-hetero) is 1. The summed E-state index contributed by atoms with van der Waals surface area (Å²) >= 11 is 3.49. The fraction of sp³-hybridized carbons (Fsp3) is 0.364. The molecule has 74 valence electrons. The third kappa shape index (κ3) is 1.88. The largest absolute Gasteiger partial charge is 0.324 e. The number of halogens is 1. The van der Waals surface area contributed by atoms with Crippen LogP contribution in [0.15, 0.2) is 22.7 Å². The Bertz CT molecular complexity index is 372. The fourth-order valence-electron chi connectivity index (χ4n) is 1.54. The molecule has 1 aromatic rings. The summed E-state index contributed by atoms with van der Waals surface area (Å²) in [6.45, 7) is 0.0786. The molecule has 0 radical (unpaired) electrons. The van der Waals surface area contributed by atoms with Crippen LogP contribution >= 0.6 is 15.9 Å². The molecule has 2 nitrogen and oxygen atoms in total. The Balaban J connectivity index is 2.30. The molecule has 0 atom stereocenters. The lowest BCUT2D eigenvalue weighted by atomic mass is 10.1. The summed E-state index contributed by atoms with van der Waals surface area (Å²) in [7, 11) is 0. The van der Waals surface area contributed by atoms with Gasteiger partial charge in [0.1, 0.15) is 0 Å². The van der Waals surface area contributed by atoms with Crippen LogP contribution in [0.5, 0.6) is 0 Å². The van der Waals surface area contributed by atoms with Gasteiger partial charge in [-0.15, -0.1) is 0 Å². The van der Waals surface area contributed by atoms with Gasteiger partial charge in [-0.3, -0.25) is 4.79 Å². The molecule has 0 aliphatic heterocycles. The molecule has 1 saturated carbocycles. The molecule has 0 bridgehead atoms. The lowest BCUT2D eigenvalue weighted by molar-refractivity contribution is 0.100. The van der Waals surface area contributed by atoms with Crippen LogP contribution in [0, 0.1) is 0 Å². The zero-order chi connectivity index (χ0) is 10.1. The average molecular weight is 254 g/mol. The number of carbonyl (C=O) groups is 1. The molecule has 3 heteroatoms. The molecule has 0 unspecified atom stereocenters. The topological polar surface area (TPSA) is 43.1 Å². The molecule has 0 aromatic heterocycles. The van der Waals surface area contributed by atoms with Crippen LogP contribution in [0.3, 0.4) is 0 Å². The molecule has 2 N–H and O–H groups in total. The van der Waals surface area contributed by atoms with Crippen molar-refractivity contribution >= 4 is 21.7 Å². The maximum atomic E-state index is 11.3. The summed E-state index contributed by atoms with van der Waals surface area (Å²) in [6.07, 6.45) is 2.53. The zero-order valence-electron chi connectivity index (χ0n) is 7.79. The lowest BCUT2D eigenvalue weighted by Gasteiger charge is -2.04. The molecule has 0 saturated heterocycles. The van der Waals surface area contributed by atoms with E-state index in [2.05, 4.69) is 15.9 Å². The second-order valence-corrected chi connectivity index (χ2v) is 4.49. The first-order valence-electron chi connectivity index (χ1n) is 4.75. The fourth-order valence-corrected chi connectivity index (χ4v) is 2.25. The van der Waals surface area contributed by atoms with E-state index in [1.807, 2.05) is 18.2 Å². The number of ketones is 1. The van der Waals surface area contributed by atoms with Crippen molar-refractivity contribution in [3.63, 3.8) is 0 Å². The molecule has 1 fully saturated rings. The number of nitrogens with two attached hydrogens (primary N) is 1. The summed E-state index contributed by atoms with van der Waals surface area (Å²) < 4.78 is 1.04. The Labute approximate surface area is 91.6 Å². The summed E-state index contributed by atoms with van der Waals surface area (Å²) in [6, 6.07) is 5.78. The Morgan fingerprint density at radius 3 is 2.71 bits per heavy atom. The summed E-state index contributed by atoms with van der Waals surface area (Å²) in [4.78, 5) is 11.3. The highest BCUT2D eigenvalue weighted by Gasteiger charge is 2.25. The van der Waals surface area contributed by atoms with Crippen molar-refractivity contribution in [2.45, 2.75) is 18.8 Å². The number of hydrogen-bond donors (Lipinski definition) is 1. The van der Waals surface area contributed by atoms with Crippen LogP contribution in [-0.4, -0.2) is 12.3 Å². The van der Waals surface area contributed by atoms with Gasteiger partial charge in [-0.05, 0) is 30.4 Å². The van der Waals surface area contributed by atoms with E-state index < -0.39 is 0 Å². The lowest BCUT2D eigenvalue weighted by Crippen LogP contribution is -2.13. The predicted molar refractivity (Wildman–Crippen MR) is 59.5 cm³/mol. The van der Waals surface area contributed by atoms with Gasteiger partial charge in [0.15, 0.2) is 5.78 Å². The van der Waals surface area contributed by atoms with Gasteiger partial charge in [0.2, 0.25) is 0 Å². The van der Waals surface area contributed by atoms with E-state index in [0.717, 1.165) is 4.47 Å². The van der Waals surface area contributed by atoms with Gasteiger partial charge in [-0.1, -0.05) is 28.1 Å². The van der Waals surface area contributed by atoms with Gasteiger partial charge in [0.25, 0.3) is 0 Å². The molecule has 0 heterocycles. The Morgan fingerprint density at radius 1 is 1.50 bits per heavy atom. The van der Waals surface area contributed by atoms with Crippen molar-refractivity contribution in [1.29, 1.82) is 0 Å². The molecule has 1 aromatic carbocycles. The number of hydrogen-bond acceptors (Lipinski definition) is 2. The first-order chi connectivity index (χ1) is 6.72. The molecule has 1 aliphatic rings. The Kier molecular flexibility index (Phi) is 2.70. The third-order valence-corrected chi connectivity index (χ3v) is 3.21. The number of rotatable bonds is 3. The van der Waals surface area contributed by atoms with Crippen LogP contribution in [0.1, 0.15) is 34.7 Å². The SMILES string of the molecule is NCC(=O)c1ccc(C2CC2)c(Br)c1. The van der Waals surface area contributed by atoms with Gasteiger partial charge in [-0.25, -0.2) is 0 Å². The number of benzene rings is 1. The van der Waals surface area contributed by atoms with Crippen LogP contribution in [0.4, 0.5) is 0 Å². The van der Waals surface area contributed by atoms with E-state index in [4.69, 9.17) is 5.73 Å². The minimum absolute atomic E-state index is 0.00644. The highest BCUT2D eigenvalue weighted by atomic mass is 79.9. The monoisotopic (exact) mass is 253 g/mol. The first kappa shape index (κ1) is 9.87.